The third-order valence-electron chi connectivity index (χ3n) is 5.93. The number of amides is 4. The Morgan fingerprint density at radius 1 is 0.833 bits per heavy atom. The third-order valence-corrected chi connectivity index (χ3v) is 5.93. The molecule has 2 heterocycles. The van der Waals surface area contributed by atoms with Gasteiger partial charge in [0.2, 0.25) is 11.8 Å². The van der Waals surface area contributed by atoms with Crippen LogP contribution in [-0.4, -0.2) is 71.7 Å². The summed E-state index contributed by atoms with van der Waals surface area (Å²) in [6.07, 6.45) is 4.17. The predicted octanol–water partition coefficient (Wildman–Crippen LogP) is 1.93. The fourth-order valence-corrected chi connectivity index (χ4v) is 4.09. The van der Waals surface area contributed by atoms with Crippen LogP contribution in [0.2, 0.25) is 0 Å². The molecule has 170 valence electrons. The Bertz CT molecular complexity index is 659. The lowest BCUT2D eigenvalue weighted by atomic mass is 9.85. The highest BCUT2D eigenvalue weighted by Crippen LogP contribution is 2.26. The second kappa shape index (κ2) is 9.35. The van der Waals surface area contributed by atoms with Crippen LogP contribution in [0.15, 0.2) is 0 Å². The Labute approximate surface area is 180 Å². The largest absolute Gasteiger partial charge is 0.341 e. The minimum atomic E-state index is -0.805. The van der Waals surface area contributed by atoms with E-state index in [1.54, 1.807) is 9.80 Å². The monoisotopic (exact) mass is 422 g/mol. The lowest BCUT2D eigenvalue weighted by Crippen LogP contribution is -2.61. The van der Waals surface area contributed by atoms with E-state index in [2.05, 4.69) is 10.6 Å². The van der Waals surface area contributed by atoms with Crippen molar-refractivity contribution in [2.24, 2.45) is 10.8 Å². The van der Waals surface area contributed by atoms with Gasteiger partial charge in [-0.3, -0.25) is 9.59 Å². The van der Waals surface area contributed by atoms with Gasteiger partial charge in [0.25, 0.3) is 0 Å². The van der Waals surface area contributed by atoms with E-state index < -0.39 is 35.0 Å². The standard InChI is InChI=1S/C22H38N4O4/c1-21(2,3)16(18(28)25-11-7-8-12-25)23-20(30)24-17(22(4,5)6)19(29)26-13-9-10-15(26)14-27/h14-17H,7-13H2,1-6H3,(H2,23,24,30). The van der Waals surface area contributed by atoms with E-state index in [9.17, 15) is 19.2 Å². The minimum absolute atomic E-state index is 0.0886. The number of urea groups is 1. The van der Waals surface area contributed by atoms with Gasteiger partial charge in [0.1, 0.15) is 18.4 Å². The average molecular weight is 423 g/mol. The number of likely N-dealkylation sites (tertiary alicyclic amines) is 2. The van der Waals surface area contributed by atoms with Crippen molar-refractivity contribution in [2.75, 3.05) is 19.6 Å². The molecule has 0 bridgehead atoms. The number of rotatable bonds is 5. The molecular formula is C22H38N4O4. The first kappa shape index (κ1) is 24.2. The SMILES string of the molecule is CC(C)(C)C(NC(=O)NC(C(=O)N1CCCC1C=O)C(C)(C)C)C(=O)N1CCCC1. The molecule has 0 spiro atoms. The van der Waals surface area contributed by atoms with E-state index in [1.165, 1.54) is 0 Å². The van der Waals surface area contributed by atoms with Gasteiger partial charge in [-0.2, -0.15) is 0 Å². The fraction of sp³-hybridized carbons (Fsp3) is 0.818. The summed E-state index contributed by atoms with van der Waals surface area (Å²) < 4.78 is 0. The van der Waals surface area contributed by atoms with E-state index in [0.717, 1.165) is 25.5 Å². The molecule has 0 aromatic heterocycles. The number of hydrogen-bond acceptors (Lipinski definition) is 4. The quantitative estimate of drug-likeness (QED) is 0.661. The average Bonchev–Trinajstić information content (AvgIpc) is 3.32. The van der Waals surface area contributed by atoms with Crippen LogP contribution >= 0.6 is 0 Å². The van der Waals surface area contributed by atoms with E-state index in [0.29, 0.717) is 26.1 Å². The van der Waals surface area contributed by atoms with E-state index in [4.69, 9.17) is 0 Å². The Balaban J connectivity index is 2.14. The first-order chi connectivity index (χ1) is 13.9. The van der Waals surface area contributed by atoms with Crippen molar-refractivity contribution >= 4 is 24.1 Å². The first-order valence-corrected chi connectivity index (χ1v) is 11.0. The summed E-state index contributed by atoms with van der Waals surface area (Å²) >= 11 is 0. The maximum absolute atomic E-state index is 13.2. The van der Waals surface area contributed by atoms with Gasteiger partial charge >= 0.3 is 6.03 Å². The topological polar surface area (TPSA) is 98.8 Å². The Morgan fingerprint density at radius 2 is 1.33 bits per heavy atom. The predicted molar refractivity (Wildman–Crippen MR) is 115 cm³/mol. The second-order valence-corrected chi connectivity index (χ2v) is 10.6. The number of aldehydes is 1. The van der Waals surface area contributed by atoms with Crippen LogP contribution < -0.4 is 10.6 Å². The van der Waals surface area contributed by atoms with E-state index in [-0.39, 0.29) is 11.8 Å². The zero-order valence-electron chi connectivity index (χ0n) is 19.3. The Kier molecular flexibility index (Phi) is 7.53. The normalized spacial score (nSPS) is 21.9. The van der Waals surface area contributed by atoms with Gasteiger partial charge in [0, 0.05) is 19.6 Å². The lowest BCUT2D eigenvalue weighted by Gasteiger charge is -2.37. The molecule has 3 unspecified atom stereocenters. The van der Waals surface area contributed by atoms with E-state index in [1.807, 2.05) is 41.5 Å². The molecule has 30 heavy (non-hydrogen) atoms. The van der Waals surface area contributed by atoms with Crippen LogP contribution in [0.4, 0.5) is 4.79 Å². The highest BCUT2D eigenvalue weighted by Gasteiger charge is 2.41. The van der Waals surface area contributed by atoms with Gasteiger partial charge in [-0.05, 0) is 36.5 Å². The molecular weight excluding hydrogens is 384 g/mol. The van der Waals surface area contributed by atoms with Crippen molar-refractivity contribution in [2.45, 2.75) is 85.4 Å². The van der Waals surface area contributed by atoms with Crippen LogP contribution in [0.25, 0.3) is 0 Å². The summed E-state index contributed by atoms with van der Waals surface area (Å²) in [5, 5.41) is 5.62. The van der Waals surface area contributed by atoms with Crippen LogP contribution in [0.1, 0.15) is 67.2 Å². The number of nitrogens with zero attached hydrogens (tertiary/aromatic N) is 2. The molecule has 3 atom stereocenters. The minimum Gasteiger partial charge on any atom is -0.341 e. The molecule has 2 aliphatic heterocycles. The van der Waals surface area contributed by atoms with Crippen LogP contribution in [0, 0.1) is 10.8 Å². The van der Waals surface area contributed by atoms with Gasteiger partial charge < -0.3 is 25.2 Å². The molecule has 2 rings (SSSR count). The zero-order valence-corrected chi connectivity index (χ0v) is 19.3. The molecule has 0 radical (unpaired) electrons. The maximum atomic E-state index is 13.2. The summed E-state index contributed by atoms with van der Waals surface area (Å²) in [5.41, 5.74) is -1.03. The summed E-state index contributed by atoms with van der Waals surface area (Å²) in [5.74, 6) is -0.347. The molecule has 2 N–H and O–H groups in total. The van der Waals surface area contributed by atoms with Crippen molar-refractivity contribution < 1.29 is 19.2 Å². The molecule has 8 heteroatoms. The van der Waals surface area contributed by atoms with Crippen molar-refractivity contribution in [1.29, 1.82) is 0 Å². The molecule has 8 nitrogen and oxygen atoms in total. The fourth-order valence-electron chi connectivity index (χ4n) is 4.09. The smallest absolute Gasteiger partial charge is 0.316 e. The number of hydrogen-bond donors (Lipinski definition) is 2. The van der Waals surface area contributed by atoms with Crippen molar-refractivity contribution in [1.82, 2.24) is 20.4 Å². The molecule has 2 fully saturated rings. The van der Waals surface area contributed by atoms with Gasteiger partial charge in [-0.1, -0.05) is 41.5 Å². The highest BCUT2D eigenvalue weighted by molar-refractivity contribution is 5.92. The van der Waals surface area contributed by atoms with Crippen LogP contribution in [-0.2, 0) is 14.4 Å². The molecule has 2 aliphatic rings. The maximum Gasteiger partial charge on any atom is 0.316 e. The second-order valence-electron chi connectivity index (χ2n) is 10.6. The van der Waals surface area contributed by atoms with Crippen molar-refractivity contribution in [3.8, 4) is 0 Å². The molecule has 0 saturated carbocycles. The first-order valence-electron chi connectivity index (χ1n) is 11.0. The lowest BCUT2D eigenvalue weighted by molar-refractivity contribution is -0.138. The molecule has 0 aromatic rings. The van der Waals surface area contributed by atoms with E-state index >= 15 is 0 Å². The summed E-state index contributed by atoms with van der Waals surface area (Å²) in [6, 6.07) is -2.48. The molecule has 4 amide bonds. The van der Waals surface area contributed by atoms with Crippen LogP contribution in [0.5, 0.6) is 0 Å². The number of carbonyl (C=O) groups excluding carboxylic acids is 4. The van der Waals surface area contributed by atoms with Gasteiger partial charge in [0.15, 0.2) is 0 Å². The zero-order chi connectivity index (χ0) is 22.7. The molecule has 2 saturated heterocycles. The van der Waals surface area contributed by atoms with Gasteiger partial charge in [-0.25, -0.2) is 4.79 Å². The molecule has 0 aromatic carbocycles. The summed E-state index contributed by atoms with van der Waals surface area (Å²) in [6.45, 7) is 13.3. The third kappa shape index (κ3) is 5.73. The Morgan fingerprint density at radius 3 is 1.80 bits per heavy atom. The Hall–Kier alpha value is -2.12. The van der Waals surface area contributed by atoms with Crippen molar-refractivity contribution in [3.63, 3.8) is 0 Å². The van der Waals surface area contributed by atoms with Crippen LogP contribution in [0.3, 0.4) is 0 Å². The summed E-state index contributed by atoms with van der Waals surface area (Å²) in [7, 11) is 0. The van der Waals surface area contributed by atoms with Crippen molar-refractivity contribution in [3.05, 3.63) is 0 Å². The molecule has 0 aliphatic carbocycles. The number of nitrogens with one attached hydrogen (secondary N) is 2. The summed E-state index contributed by atoms with van der Waals surface area (Å²) in [4.78, 5) is 53.8. The van der Waals surface area contributed by atoms with Gasteiger partial charge in [0.05, 0.1) is 6.04 Å². The number of carbonyl (C=O) groups is 4. The van der Waals surface area contributed by atoms with Gasteiger partial charge in [-0.15, -0.1) is 0 Å². The highest BCUT2D eigenvalue weighted by atomic mass is 16.2.